The maximum atomic E-state index is 12.4. The zero-order valence-electron chi connectivity index (χ0n) is 11.9. The lowest BCUT2D eigenvalue weighted by molar-refractivity contribution is -0.149. The van der Waals surface area contributed by atoms with E-state index in [1.807, 2.05) is 30.3 Å². The molecule has 1 saturated heterocycles. The van der Waals surface area contributed by atoms with E-state index in [0.29, 0.717) is 13.1 Å². The highest BCUT2D eigenvalue weighted by atomic mass is 16.2. The van der Waals surface area contributed by atoms with E-state index in [0.717, 1.165) is 5.56 Å². The van der Waals surface area contributed by atoms with Crippen LogP contribution in [0.15, 0.2) is 30.3 Å². The number of rotatable bonds is 3. The van der Waals surface area contributed by atoms with Crippen LogP contribution in [0.3, 0.4) is 0 Å². The van der Waals surface area contributed by atoms with E-state index in [1.165, 1.54) is 0 Å². The van der Waals surface area contributed by atoms with Crippen molar-refractivity contribution >= 4 is 11.8 Å². The van der Waals surface area contributed by atoms with Gasteiger partial charge in [0.05, 0.1) is 0 Å². The molecule has 0 aliphatic carbocycles. The Morgan fingerprint density at radius 3 is 2.70 bits per heavy atom. The number of benzene rings is 1. The summed E-state index contributed by atoms with van der Waals surface area (Å²) in [5, 5.41) is 2.78. The number of carbonyl (C=O) groups excluding carboxylic acids is 2. The highest BCUT2D eigenvalue weighted by Crippen LogP contribution is 2.22. The largest absolute Gasteiger partial charge is 0.352 e. The molecule has 0 aromatic heterocycles. The minimum absolute atomic E-state index is 0.0822. The second kappa shape index (κ2) is 5.63. The van der Waals surface area contributed by atoms with Gasteiger partial charge in [-0.05, 0) is 19.4 Å². The predicted octanol–water partition coefficient (Wildman–Crippen LogP) is 0.814. The van der Waals surface area contributed by atoms with Crippen LogP contribution in [0, 0.1) is 0 Å². The summed E-state index contributed by atoms with van der Waals surface area (Å²) in [6.07, 6.45) is 0.209. The Bertz CT molecular complexity index is 499. The standard InChI is InChI=1S/C15H21N3O2/c1-15(2)14(20)17-8-9-18(15)13(19)10-12(16)11-6-4-3-5-7-11/h3-7,12H,8-10,16H2,1-2H3,(H,17,20). The first-order valence-electron chi connectivity index (χ1n) is 6.82. The van der Waals surface area contributed by atoms with E-state index in [9.17, 15) is 9.59 Å². The molecule has 0 saturated carbocycles. The van der Waals surface area contributed by atoms with Gasteiger partial charge in [-0.2, -0.15) is 0 Å². The zero-order chi connectivity index (χ0) is 14.8. The van der Waals surface area contributed by atoms with E-state index >= 15 is 0 Å². The van der Waals surface area contributed by atoms with Gasteiger partial charge in [0.25, 0.3) is 0 Å². The fraction of sp³-hybridized carbons (Fsp3) is 0.467. The lowest BCUT2D eigenvalue weighted by Crippen LogP contribution is -2.63. The van der Waals surface area contributed by atoms with Crippen LogP contribution < -0.4 is 11.1 Å². The molecular weight excluding hydrogens is 254 g/mol. The molecule has 5 nitrogen and oxygen atoms in total. The van der Waals surface area contributed by atoms with Crippen LogP contribution >= 0.6 is 0 Å². The molecule has 1 unspecified atom stereocenters. The van der Waals surface area contributed by atoms with Gasteiger partial charge in [-0.1, -0.05) is 30.3 Å². The third-order valence-corrected chi connectivity index (χ3v) is 3.77. The zero-order valence-corrected chi connectivity index (χ0v) is 11.9. The lowest BCUT2D eigenvalue weighted by atomic mass is 9.96. The van der Waals surface area contributed by atoms with Crippen LogP contribution in [0.25, 0.3) is 0 Å². The molecular formula is C15H21N3O2. The van der Waals surface area contributed by atoms with Gasteiger partial charge in [0.2, 0.25) is 11.8 Å². The number of piperazine rings is 1. The highest BCUT2D eigenvalue weighted by molar-refractivity contribution is 5.92. The van der Waals surface area contributed by atoms with Crippen LogP contribution in [-0.4, -0.2) is 35.3 Å². The number of nitrogens with one attached hydrogen (secondary N) is 1. The summed E-state index contributed by atoms with van der Waals surface area (Å²) in [5.41, 5.74) is 6.19. The number of nitrogens with two attached hydrogens (primary N) is 1. The number of hydrogen-bond donors (Lipinski definition) is 2. The minimum atomic E-state index is -0.814. The number of amides is 2. The van der Waals surface area contributed by atoms with Crippen molar-refractivity contribution < 1.29 is 9.59 Å². The third-order valence-electron chi connectivity index (χ3n) is 3.77. The second-order valence-electron chi connectivity index (χ2n) is 5.58. The van der Waals surface area contributed by atoms with Crippen LogP contribution in [0.2, 0.25) is 0 Å². The SMILES string of the molecule is CC1(C)C(=O)NCCN1C(=O)CC(N)c1ccccc1. The van der Waals surface area contributed by atoms with Gasteiger partial charge in [-0.25, -0.2) is 0 Å². The molecule has 108 valence electrons. The summed E-state index contributed by atoms with van der Waals surface area (Å²) in [6, 6.07) is 9.19. The average Bonchev–Trinajstić information content (AvgIpc) is 2.42. The van der Waals surface area contributed by atoms with Crippen LogP contribution in [0.5, 0.6) is 0 Å². The quantitative estimate of drug-likeness (QED) is 0.857. The molecule has 0 radical (unpaired) electrons. The van der Waals surface area contributed by atoms with Crippen LogP contribution in [0.1, 0.15) is 31.9 Å². The topological polar surface area (TPSA) is 75.4 Å². The Morgan fingerprint density at radius 2 is 2.05 bits per heavy atom. The molecule has 1 atom stereocenters. The van der Waals surface area contributed by atoms with E-state index in [1.54, 1.807) is 18.7 Å². The summed E-state index contributed by atoms with van der Waals surface area (Å²) in [4.78, 5) is 25.9. The van der Waals surface area contributed by atoms with Crippen molar-refractivity contribution in [1.82, 2.24) is 10.2 Å². The minimum Gasteiger partial charge on any atom is -0.352 e. The predicted molar refractivity (Wildman–Crippen MR) is 76.8 cm³/mol. The Morgan fingerprint density at radius 1 is 1.40 bits per heavy atom. The van der Waals surface area contributed by atoms with E-state index in [2.05, 4.69) is 5.32 Å². The smallest absolute Gasteiger partial charge is 0.245 e. The molecule has 1 aromatic carbocycles. The summed E-state index contributed by atoms with van der Waals surface area (Å²) in [5.74, 6) is -0.202. The van der Waals surface area contributed by atoms with Gasteiger partial charge in [-0.15, -0.1) is 0 Å². The fourth-order valence-corrected chi connectivity index (χ4v) is 2.45. The second-order valence-corrected chi connectivity index (χ2v) is 5.58. The molecule has 1 aliphatic rings. The summed E-state index contributed by atoms with van der Waals surface area (Å²) in [7, 11) is 0. The van der Waals surface area contributed by atoms with E-state index in [4.69, 9.17) is 5.73 Å². The van der Waals surface area contributed by atoms with Gasteiger partial charge in [0.1, 0.15) is 5.54 Å². The van der Waals surface area contributed by atoms with Crippen molar-refractivity contribution in [2.75, 3.05) is 13.1 Å². The Kier molecular flexibility index (Phi) is 4.09. The summed E-state index contributed by atoms with van der Waals surface area (Å²) < 4.78 is 0. The van der Waals surface area contributed by atoms with Crippen molar-refractivity contribution in [3.8, 4) is 0 Å². The summed E-state index contributed by atoms with van der Waals surface area (Å²) >= 11 is 0. The Hall–Kier alpha value is -1.88. The number of carbonyl (C=O) groups is 2. The molecule has 0 bridgehead atoms. The van der Waals surface area contributed by atoms with Crippen molar-refractivity contribution in [3.63, 3.8) is 0 Å². The van der Waals surface area contributed by atoms with Gasteiger partial charge < -0.3 is 16.0 Å². The first kappa shape index (κ1) is 14.5. The maximum Gasteiger partial charge on any atom is 0.245 e. The van der Waals surface area contributed by atoms with Gasteiger partial charge in [0, 0.05) is 25.6 Å². The van der Waals surface area contributed by atoms with Gasteiger partial charge in [0.15, 0.2) is 0 Å². The molecule has 1 aromatic rings. The van der Waals surface area contributed by atoms with Crippen molar-refractivity contribution in [1.29, 1.82) is 0 Å². The molecule has 2 amide bonds. The molecule has 1 fully saturated rings. The number of nitrogens with zero attached hydrogens (tertiary/aromatic N) is 1. The Labute approximate surface area is 119 Å². The molecule has 3 N–H and O–H groups in total. The first-order chi connectivity index (χ1) is 9.43. The molecule has 2 rings (SSSR count). The molecule has 0 spiro atoms. The molecule has 1 aliphatic heterocycles. The molecule has 1 heterocycles. The summed E-state index contributed by atoms with van der Waals surface area (Å²) in [6.45, 7) is 4.54. The molecule has 20 heavy (non-hydrogen) atoms. The fourth-order valence-electron chi connectivity index (χ4n) is 2.45. The van der Waals surface area contributed by atoms with E-state index in [-0.39, 0.29) is 24.3 Å². The average molecular weight is 275 g/mol. The normalized spacial score (nSPS) is 19.4. The first-order valence-corrected chi connectivity index (χ1v) is 6.82. The molecule has 5 heteroatoms. The maximum absolute atomic E-state index is 12.4. The monoisotopic (exact) mass is 275 g/mol. The van der Waals surface area contributed by atoms with Crippen LogP contribution in [-0.2, 0) is 9.59 Å². The number of hydrogen-bond acceptors (Lipinski definition) is 3. The van der Waals surface area contributed by atoms with E-state index < -0.39 is 5.54 Å². The van der Waals surface area contributed by atoms with Gasteiger partial charge >= 0.3 is 0 Å². The lowest BCUT2D eigenvalue weighted by Gasteiger charge is -2.41. The Balaban J connectivity index is 2.06. The third kappa shape index (κ3) is 2.82. The van der Waals surface area contributed by atoms with Crippen molar-refractivity contribution in [2.45, 2.75) is 31.8 Å². The highest BCUT2D eigenvalue weighted by Gasteiger charge is 2.40. The van der Waals surface area contributed by atoms with Crippen molar-refractivity contribution in [3.05, 3.63) is 35.9 Å². The van der Waals surface area contributed by atoms with Crippen LogP contribution in [0.4, 0.5) is 0 Å². The van der Waals surface area contributed by atoms with Crippen molar-refractivity contribution in [2.24, 2.45) is 5.73 Å². The van der Waals surface area contributed by atoms with Gasteiger partial charge in [-0.3, -0.25) is 9.59 Å².